The maximum absolute atomic E-state index is 9.83. The van der Waals surface area contributed by atoms with Crippen LogP contribution in [-0.2, 0) is 67.7 Å². The third-order valence-corrected chi connectivity index (χ3v) is 18.9. The van der Waals surface area contributed by atoms with Crippen molar-refractivity contribution in [2.45, 2.75) is 495 Å². The molecular weight excluding hydrogens is 1600 g/mol. The van der Waals surface area contributed by atoms with Crippen LogP contribution in [0.1, 0.15) is 448 Å². The molecule has 4 aromatic carbocycles. The summed E-state index contributed by atoms with van der Waals surface area (Å²) in [6, 6.07) is 40.1. The fourth-order valence-electron chi connectivity index (χ4n) is 14.9. The number of nitrogens with zero attached hydrogens (tertiary/aromatic N) is 8. The van der Waals surface area contributed by atoms with Crippen LogP contribution in [0.25, 0.3) is 43.6 Å². The van der Waals surface area contributed by atoms with E-state index in [4.69, 9.17) is 9.68 Å². The van der Waals surface area contributed by atoms with E-state index in [0.717, 1.165) is 25.7 Å². The first kappa shape index (κ1) is 122. The van der Waals surface area contributed by atoms with Crippen molar-refractivity contribution in [2.75, 3.05) is 0 Å². The van der Waals surface area contributed by atoms with Gasteiger partial charge < -0.3 is 27.9 Å². The van der Waals surface area contributed by atoms with Crippen molar-refractivity contribution in [3.63, 3.8) is 0 Å². The van der Waals surface area contributed by atoms with Crippen molar-refractivity contribution in [3.05, 3.63) is 143 Å². The number of nitrogens with one attached hydrogen (secondary N) is 2. The molecule has 744 valence electrons. The second-order valence-electron chi connectivity index (χ2n) is 57.4. The minimum absolute atomic E-state index is 0.0167. The number of hydrazine groups is 2. The number of carbonyl (C=O) groups is 2. The Bertz CT molecular complexity index is 4650. The van der Waals surface area contributed by atoms with Crippen LogP contribution in [0, 0.1) is 43.3 Å². The van der Waals surface area contributed by atoms with Crippen molar-refractivity contribution in [1.82, 2.24) is 49.3 Å². The van der Waals surface area contributed by atoms with Gasteiger partial charge >= 0.3 is 0 Å². The minimum Gasteiger partial charge on any atom is -0.338 e. The SMILES string of the molecule is CC(C)(C)C.CC(C)(C)C.CC(C)(C)C.CC(C)(C)C.CC(C)(C)C1c2c(n(C(C)(C)C)c3ccccc23)CN(C(C)(C)C)N1C(C)(C)C.CC(C)(C)C1c2c(n(C(C)(C)C)c3ccccc23)CON1C(C)(C)C.CC(C)(C)C=O.CC(C)(C)C=O.CC(C)(C)NN(Cc1cc2ccccc2n1C(C)(C)C)C(C)(C)C.CC(C)(C)NOCc1cc2ccccc2n1C(C)(C)C. The lowest BCUT2D eigenvalue weighted by molar-refractivity contribution is -0.274. The van der Waals surface area contributed by atoms with Crippen molar-refractivity contribution >= 4 is 56.2 Å². The lowest BCUT2D eigenvalue weighted by atomic mass is 9.77. The molecule has 2 atom stereocenters. The van der Waals surface area contributed by atoms with Gasteiger partial charge in [-0.1, -0.05) is 267 Å². The normalized spacial score (nSPS) is 15.9. The Balaban J connectivity index is 0.000000780. The van der Waals surface area contributed by atoms with Gasteiger partial charge in [-0.2, -0.15) is 10.5 Å². The second-order valence-corrected chi connectivity index (χ2v) is 57.4. The van der Waals surface area contributed by atoms with Gasteiger partial charge in [0.2, 0.25) is 0 Å². The quantitative estimate of drug-likeness (QED) is 0.123. The number of hydrogen-bond acceptors (Lipinski definition) is 10. The molecule has 0 amide bonds. The number of aromatic nitrogens is 4. The first-order valence-corrected chi connectivity index (χ1v) is 48.7. The van der Waals surface area contributed by atoms with Crippen LogP contribution in [0.4, 0.5) is 0 Å². The zero-order valence-electron chi connectivity index (χ0n) is 95.7. The maximum Gasteiger partial charge on any atom is 0.125 e. The molecule has 0 bridgehead atoms. The Labute approximate surface area is 801 Å². The number of hydrogen-bond donors (Lipinski definition) is 2. The molecule has 14 heteroatoms. The Hall–Kier alpha value is -5.94. The third-order valence-electron chi connectivity index (χ3n) is 18.9. The number of aldehydes is 2. The van der Waals surface area contributed by atoms with Gasteiger partial charge in [-0.05, 0) is 287 Å². The molecule has 2 aliphatic rings. The van der Waals surface area contributed by atoms with E-state index in [1.54, 1.807) is 0 Å². The van der Waals surface area contributed by atoms with Crippen LogP contribution >= 0.6 is 0 Å². The number of carbonyl (C=O) groups excluding carboxylic acids is 2. The minimum atomic E-state index is -0.139. The summed E-state index contributed by atoms with van der Waals surface area (Å²) in [5.74, 6) is 0. The largest absolute Gasteiger partial charge is 0.338 e. The molecule has 0 saturated carbocycles. The highest BCUT2D eigenvalue weighted by molar-refractivity contribution is 5.88. The second kappa shape index (κ2) is 44.9. The maximum atomic E-state index is 9.83. The van der Waals surface area contributed by atoms with E-state index in [1.165, 1.54) is 77.5 Å². The number of fused-ring (bicyclic) bond motifs is 8. The molecule has 2 unspecified atom stereocenters. The predicted molar refractivity (Wildman–Crippen MR) is 573 cm³/mol. The molecule has 8 aromatic rings. The highest BCUT2D eigenvalue weighted by atomic mass is 16.7. The zero-order chi connectivity index (χ0) is 103. The van der Waals surface area contributed by atoms with Crippen LogP contribution in [0.15, 0.2) is 109 Å². The molecule has 0 radical (unpaired) electrons. The molecule has 0 spiro atoms. The van der Waals surface area contributed by atoms with Gasteiger partial charge in [0.15, 0.2) is 0 Å². The summed E-state index contributed by atoms with van der Waals surface area (Å²) in [6.07, 6.45) is 1.88. The third kappa shape index (κ3) is 42.5. The van der Waals surface area contributed by atoms with Crippen LogP contribution in [0.5, 0.6) is 0 Å². The van der Waals surface area contributed by atoms with Crippen molar-refractivity contribution < 1.29 is 19.3 Å². The van der Waals surface area contributed by atoms with Crippen LogP contribution < -0.4 is 10.9 Å². The van der Waals surface area contributed by atoms with Gasteiger partial charge in [-0.25, -0.2) is 20.5 Å². The van der Waals surface area contributed by atoms with Crippen molar-refractivity contribution in [1.29, 1.82) is 0 Å². The Kier molecular flexibility index (Phi) is 42.2. The highest BCUT2D eigenvalue weighted by Gasteiger charge is 2.51. The van der Waals surface area contributed by atoms with E-state index >= 15 is 0 Å². The van der Waals surface area contributed by atoms with E-state index in [9.17, 15) is 9.59 Å². The average Bonchev–Trinajstić information content (AvgIpc) is 1.54. The molecule has 0 saturated heterocycles. The first-order chi connectivity index (χ1) is 57.4. The lowest BCUT2D eigenvalue weighted by Gasteiger charge is -2.59. The van der Waals surface area contributed by atoms with Crippen LogP contribution in [0.2, 0.25) is 0 Å². The molecule has 10 rings (SSSR count). The van der Waals surface area contributed by atoms with Crippen molar-refractivity contribution in [3.8, 4) is 0 Å². The standard InChI is InChI=1S/C26H43N3.C22H34N2O.C21H35N3.C17H26N2O.2C5H10O.4C5H12/c1-23(2,3)22-21-18-15-13-14-16-19(18)28(25(7,8)9)20(21)17-27(24(4,5)6)29(22)26(10,11)12;1-20(2,3)19-18-15-12-10-11-13-16(15)23(21(4,5)6)17(18)14-25-24(19)22(7,8)9;1-19(2,3)22-23(20(4,5)6)15-17-14-16-12-10-11-13-18(16)24(17)21(7,8)9;1-16(2,3)18-20-12-14-11-13-9-7-8-10-15(13)19(14)17(4,5)6;2*1-5(2,3)4-6;4*1-5(2,3)4/h13-16,22H,17H2,1-12H3;10-13,19H,14H2,1-9H3;10-14,22H,15H2,1-9H3;7-11,18H,12H2,1-6H3;2*4H,1-3H3;4*1-4H3. The fourth-order valence-corrected chi connectivity index (χ4v) is 14.9. The van der Waals surface area contributed by atoms with Gasteiger partial charge in [0.1, 0.15) is 25.8 Å². The van der Waals surface area contributed by atoms with E-state index in [0.29, 0.717) is 40.9 Å². The van der Waals surface area contributed by atoms with Gasteiger partial charge in [-0.3, -0.25) is 9.68 Å². The smallest absolute Gasteiger partial charge is 0.125 e. The molecule has 0 aliphatic carbocycles. The van der Waals surface area contributed by atoms with E-state index in [2.05, 4.69) is 518 Å². The summed E-state index contributed by atoms with van der Waals surface area (Å²) in [6.45, 7) is 131. The van der Waals surface area contributed by atoms with Crippen molar-refractivity contribution in [2.24, 2.45) is 43.3 Å². The molecule has 6 heterocycles. The highest BCUT2D eigenvalue weighted by Crippen LogP contribution is 2.54. The predicted octanol–water partition coefficient (Wildman–Crippen LogP) is 33.3. The molecule has 2 aliphatic heterocycles. The van der Waals surface area contributed by atoms with Gasteiger partial charge in [0, 0.05) is 127 Å². The average molecular weight is 1800 g/mol. The Morgan fingerprint density at radius 2 is 0.654 bits per heavy atom. The van der Waals surface area contributed by atoms with Gasteiger partial charge in [0.05, 0.1) is 30.9 Å². The summed E-state index contributed by atoms with van der Waals surface area (Å²) in [4.78, 5) is 31.7. The number of rotatable bonds is 6. The fraction of sp³-hybridized carbons (Fsp3) is 0.707. The summed E-state index contributed by atoms with van der Waals surface area (Å²) < 4.78 is 9.92. The number of hydroxylamine groups is 3. The van der Waals surface area contributed by atoms with E-state index in [-0.39, 0.29) is 83.1 Å². The van der Waals surface area contributed by atoms with E-state index in [1.807, 2.05) is 41.5 Å². The van der Waals surface area contributed by atoms with Gasteiger partial charge in [-0.15, -0.1) is 0 Å². The molecule has 0 fully saturated rings. The first-order valence-electron chi connectivity index (χ1n) is 48.7. The monoisotopic (exact) mass is 1800 g/mol. The molecule has 4 aromatic heterocycles. The summed E-state index contributed by atoms with van der Waals surface area (Å²) in [5.41, 5.74) is 22.4. The van der Waals surface area contributed by atoms with Crippen LogP contribution in [-0.4, -0.2) is 84.2 Å². The zero-order valence-corrected chi connectivity index (χ0v) is 95.7. The summed E-state index contributed by atoms with van der Waals surface area (Å²) in [5, 5.41) is 15.3. The molecule has 14 nitrogen and oxygen atoms in total. The number of benzene rings is 4. The topological polar surface area (TPSA) is 109 Å². The lowest BCUT2D eigenvalue weighted by Crippen LogP contribution is -2.64. The molecule has 130 heavy (non-hydrogen) atoms. The Morgan fingerprint density at radius 3 is 0.938 bits per heavy atom. The Morgan fingerprint density at radius 1 is 0.354 bits per heavy atom. The summed E-state index contributed by atoms with van der Waals surface area (Å²) in [7, 11) is 0. The molecular formula is C116H206N10O4. The number of para-hydroxylation sites is 4. The molecule has 2 N–H and O–H groups in total. The summed E-state index contributed by atoms with van der Waals surface area (Å²) >= 11 is 0. The van der Waals surface area contributed by atoms with Crippen LogP contribution in [0.3, 0.4) is 0 Å². The van der Waals surface area contributed by atoms with Gasteiger partial charge in [0.25, 0.3) is 0 Å². The van der Waals surface area contributed by atoms with E-state index < -0.39 is 0 Å².